The van der Waals surface area contributed by atoms with E-state index in [4.69, 9.17) is 0 Å². The van der Waals surface area contributed by atoms with E-state index in [-0.39, 0.29) is 0 Å². The van der Waals surface area contributed by atoms with Gasteiger partial charge in [0.2, 0.25) is 0 Å². The Balaban J connectivity index is 1.94. The maximum Gasteiger partial charge on any atom is -0.00979 e. The van der Waals surface area contributed by atoms with Gasteiger partial charge in [0.05, 0.1) is 0 Å². The number of hydrogen-bond acceptors (Lipinski definition) is 1. The fourth-order valence-electron chi connectivity index (χ4n) is 2.11. The predicted molar refractivity (Wildman–Crippen MR) is 83.3 cm³/mol. The summed E-state index contributed by atoms with van der Waals surface area (Å²) in [5, 5.41) is 0. The summed E-state index contributed by atoms with van der Waals surface area (Å²) < 4.78 is 0. The maximum atomic E-state index is 4.23. The average Bonchev–Trinajstić information content (AvgIpc) is 2.45. The molecule has 0 amide bonds. The first-order valence-corrected chi connectivity index (χ1v) is 7.28. The highest BCUT2D eigenvalue weighted by atomic mass is 32.1. The van der Waals surface area contributed by atoms with Crippen molar-refractivity contribution in [3.05, 3.63) is 60.2 Å². The summed E-state index contributed by atoms with van der Waals surface area (Å²) in [6, 6.07) is 19.5. The highest BCUT2D eigenvalue weighted by Crippen LogP contribution is 2.19. The Bertz CT molecular complexity index is 445. The Hall–Kier alpha value is -1.21. The van der Waals surface area contributed by atoms with Gasteiger partial charge in [-0.15, -0.1) is 0 Å². The van der Waals surface area contributed by atoms with Crippen LogP contribution < -0.4 is 0 Å². The summed E-state index contributed by atoms with van der Waals surface area (Å²) in [6.45, 7) is 0. The zero-order valence-corrected chi connectivity index (χ0v) is 11.6. The highest BCUT2D eigenvalue weighted by Gasteiger charge is 1.97. The third kappa shape index (κ3) is 3.92. The van der Waals surface area contributed by atoms with Crippen molar-refractivity contribution in [2.75, 3.05) is 5.75 Å². The number of aryl methyl sites for hydroxylation is 1. The number of rotatable bonds is 6. The first-order chi connectivity index (χ1) is 8.90. The van der Waals surface area contributed by atoms with Gasteiger partial charge in [-0.05, 0) is 41.7 Å². The lowest BCUT2D eigenvalue weighted by molar-refractivity contribution is 0.723. The molecule has 18 heavy (non-hydrogen) atoms. The maximum absolute atomic E-state index is 4.23. The standard InChI is InChI=1S/C17H20S/c18-14-6-2-3-7-15-10-12-17(13-11-15)16-8-4-1-5-9-16/h1,4-5,8-13,18H,2-3,6-7,14H2. The van der Waals surface area contributed by atoms with Crippen LogP contribution in [-0.2, 0) is 6.42 Å². The summed E-state index contributed by atoms with van der Waals surface area (Å²) in [4.78, 5) is 0. The molecule has 0 spiro atoms. The van der Waals surface area contributed by atoms with E-state index in [0.29, 0.717) is 0 Å². The van der Waals surface area contributed by atoms with Gasteiger partial charge in [-0.25, -0.2) is 0 Å². The van der Waals surface area contributed by atoms with Gasteiger partial charge in [0.15, 0.2) is 0 Å². The van der Waals surface area contributed by atoms with Crippen molar-refractivity contribution >= 4 is 12.6 Å². The molecule has 0 unspecified atom stereocenters. The smallest absolute Gasteiger partial charge is 0.00979 e. The third-order valence-corrected chi connectivity index (χ3v) is 3.50. The number of benzene rings is 2. The average molecular weight is 256 g/mol. The van der Waals surface area contributed by atoms with E-state index in [1.807, 2.05) is 0 Å². The summed E-state index contributed by atoms with van der Waals surface area (Å²) in [5.74, 6) is 1.01. The molecule has 1 heteroatoms. The second kappa shape index (κ2) is 7.27. The van der Waals surface area contributed by atoms with Crippen LogP contribution in [0.3, 0.4) is 0 Å². The van der Waals surface area contributed by atoms with Crippen molar-refractivity contribution < 1.29 is 0 Å². The monoisotopic (exact) mass is 256 g/mol. The Kier molecular flexibility index (Phi) is 5.35. The molecular formula is C17H20S. The van der Waals surface area contributed by atoms with Crippen molar-refractivity contribution in [3.8, 4) is 11.1 Å². The third-order valence-electron chi connectivity index (χ3n) is 3.18. The molecule has 0 radical (unpaired) electrons. The molecule has 94 valence electrons. The van der Waals surface area contributed by atoms with E-state index in [1.165, 1.54) is 42.4 Å². The number of unbranched alkanes of at least 4 members (excludes halogenated alkanes) is 2. The van der Waals surface area contributed by atoms with Crippen molar-refractivity contribution in [2.45, 2.75) is 25.7 Å². The van der Waals surface area contributed by atoms with Gasteiger partial charge >= 0.3 is 0 Å². The van der Waals surface area contributed by atoms with Crippen LogP contribution in [0.4, 0.5) is 0 Å². The van der Waals surface area contributed by atoms with Crippen molar-refractivity contribution in [2.24, 2.45) is 0 Å². The molecular weight excluding hydrogens is 236 g/mol. The summed E-state index contributed by atoms with van der Waals surface area (Å²) in [5.41, 5.74) is 4.03. The van der Waals surface area contributed by atoms with Crippen LogP contribution in [0.15, 0.2) is 54.6 Å². The number of hydrogen-bond donors (Lipinski definition) is 1. The molecule has 0 nitrogen and oxygen atoms in total. The van der Waals surface area contributed by atoms with Crippen LogP contribution in [0.2, 0.25) is 0 Å². The normalized spacial score (nSPS) is 10.5. The zero-order valence-electron chi connectivity index (χ0n) is 10.7. The van der Waals surface area contributed by atoms with Gasteiger partial charge in [0, 0.05) is 0 Å². The minimum atomic E-state index is 1.01. The molecule has 2 rings (SSSR count). The molecule has 0 saturated carbocycles. The lowest BCUT2D eigenvalue weighted by Gasteiger charge is -2.04. The first kappa shape index (κ1) is 13.2. The van der Waals surface area contributed by atoms with Gasteiger partial charge in [-0.2, -0.15) is 12.6 Å². The van der Waals surface area contributed by atoms with Gasteiger partial charge in [0.25, 0.3) is 0 Å². The lowest BCUT2D eigenvalue weighted by Crippen LogP contribution is -1.87. The molecule has 0 saturated heterocycles. The summed E-state index contributed by atoms with van der Waals surface area (Å²) in [7, 11) is 0. The fraction of sp³-hybridized carbons (Fsp3) is 0.294. The van der Waals surface area contributed by atoms with E-state index in [1.54, 1.807) is 0 Å². The van der Waals surface area contributed by atoms with Crippen LogP contribution in [-0.4, -0.2) is 5.75 Å². The van der Waals surface area contributed by atoms with Crippen LogP contribution in [0.25, 0.3) is 11.1 Å². The van der Waals surface area contributed by atoms with Crippen LogP contribution in [0.1, 0.15) is 24.8 Å². The zero-order chi connectivity index (χ0) is 12.6. The molecule has 0 N–H and O–H groups in total. The molecule has 0 aliphatic heterocycles. The highest BCUT2D eigenvalue weighted by molar-refractivity contribution is 7.80. The second-order valence-electron chi connectivity index (χ2n) is 4.60. The van der Waals surface area contributed by atoms with E-state index in [2.05, 4.69) is 67.2 Å². The quantitative estimate of drug-likeness (QED) is 0.546. The fourth-order valence-corrected chi connectivity index (χ4v) is 2.34. The van der Waals surface area contributed by atoms with Gasteiger partial charge in [-0.3, -0.25) is 0 Å². The molecule has 0 heterocycles. The number of thiol groups is 1. The van der Waals surface area contributed by atoms with Gasteiger partial charge in [-0.1, -0.05) is 61.0 Å². The largest absolute Gasteiger partial charge is 0.179 e. The van der Waals surface area contributed by atoms with E-state index in [9.17, 15) is 0 Å². The molecule has 2 aromatic rings. The first-order valence-electron chi connectivity index (χ1n) is 6.65. The van der Waals surface area contributed by atoms with E-state index in [0.717, 1.165) is 5.75 Å². The molecule has 0 aromatic heterocycles. The minimum Gasteiger partial charge on any atom is -0.179 e. The predicted octanol–water partition coefficient (Wildman–Crippen LogP) is 5.00. The van der Waals surface area contributed by atoms with Crippen molar-refractivity contribution in [1.82, 2.24) is 0 Å². The van der Waals surface area contributed by atoms with Crippen molar-refractivity contribution in [1.29, 1.82) is 0 Å². The topological polar surface area (TPSA) is 0 Å². The van der Waals surface area contributed by atoms with Crippen molar-refractivity contribution in [3.63, 3.8) is 0 Å². The minimum absolute atomic E-state index is 1.01. The lowest BCUT2D eigenvalue weighted by atomic mass is 10.0. The molecule has 0 bridgehead atoms. The molecule has 2 aromatic carbocycles. The second-order valence-corrected chi connectivity index (χ2v) is 5.04. The molecule has 0 aliphatic carbocycles. The van der Waals surface area contributed by atoms with Crippen LogP contribution >= 0.6 is 12.6 Å². The Labute approximate surface area is 115 Å². The molecule has 0 atom stereocenters. The summed E-state index contributed by atoms with van der Waals surface area (Å²) in [6.07, 6.45) is 4.96. The van der Waals surface area contributed by atoms with E-state index >= 15 is 0 Å². The molecule has 0 aliphatic rings. The Morgan fingerprint density at radius 1 is 0.667 bits per heavy atom. The van der Waals surface area contributed by atoms with E-state index < -0.39 is 0 Å². The van der Waals surface area contributed by atoms with Gasteiger partial charge < -0.3 is 0 Å². The summed E-state index contributed by atoms with van der Waals surface area (Å²) >= 11 is 4.23. The van der Waals surface area contributed by atoms with Crippen LogP contribution in [0.5, 0.6) is 0 Å². The SMILES string of the molecule is SCCCCCc1ccc(-c2ccccc2)cc1. The Morgan fingerprint density at radius 3 is 2.00 bits per heavy atom. The van der Waals surface area contributed by atoms with Gasteiger partial charge in [0.1, 0.15) is 0 Å². The van der Waals surface area contributed by atoms with Crippen LogP contribution in [0, 0.1) is 0 Å². The molecule has 0 fully saturated rings. The Morgan fingerprint density at radius 2 is 1.33 bits per heavy atom.